The van der Waals surface area contributed by atoms with Gasteiger partial charge in [0.25, 0.3) is 11.8 Å². The van der Waals surface area contributed by atoms with Gasteiger partial charge in [-0.1, -0.05) is 37.3 Å². The van der Waals surface area contributed by atoms with Gasteiger partial charge in [-0.25, -0.2) is 0 Å². The SMILES string of the molecule is CCC(C)NC(=O)c1ccccc1NC(=S)NC(=O)c1ccccc1. The molecule has 0 radical (unpaired) electrons. The highest BCUT2D eigenvalue weighted by Gasteiger charge is 2.14. The van der Waals surface area contributed by atoms with E-state index in [4.69, 9.17) is 12.2 Å². The first-order chi connectivity index (χ1) is 12.0. The molecule has 5 nitrogen and oxygen atoms in total. The van der Waals surface area contributed by atoms with E-state index in [9.17, 15) is 9.59 Å². The van der Waals surface area contributed by atoms with Gasteiger partial charge in [0.15, 0.2) is 5.11 Å². The molecule has 0 spiro atoms. The number of anilines is 1. The monoisotopic (exact) mass is 355 g/mol. The number of carbonyl (C=O) groups excluding carboxylic acids is 2. The largest absolute Gasteiger partial charge is 0.350 e. The Morgan fingerprint density at radius 1 is 1.00 bits per heavy atom. The third kappa shape index (κ3) is 5.39. The fourth-order valence-electron chi connectivity index (χ4n) is 2.11. The van der Waals surface area contributed by atoms with Crippen LogP contribution in [0.1, 0.15) is 41.0 Å². The lowest BCUT2D eigenvalue weighted by Gasteiger charge is -2.15. The van der Waals surface area contributed by atoms with Gasteiger partial charge in [0, 0.05) is 11.6 Å². The van der Waals surface area contributed by atoms with Crippen molar-refractivity contribution in [3.63, 3.8) is 0 Å². The van der Waals surface area contributed by atoms with Crippen molar-refractivity contribution in [3.05, 3.63) is 65.7 Å². The average molecular weight is 355 g/mol. The third-order valence-electron chi connectivity index (χ3n) is 3.67. The quantitative estimate of drug-likeness (QED) is 0.720. The van der Waals surface area contributed by atoms with Crippen LogP contribution in [0.2, 0.25) is 0 Å². The van der Waals surface area contributed by atoms with E-state index in [0.717, 1.165) is 6.42 Å². The van der Waals surface area contributed by atoms with E-state index in [0.29, 0.717) is 16.8 Å². The van der Waals surface area contributed by atoms with Gasteiger partial charge in [-0.3, -0.25) is 14.9 Å². The first-order valence-electron chi connectivity index (χ1n) is 8.08. The molecule has 0 aliphatic heterocycles. The van der Waals surface area contributed by atoms with Crippen LogP contribution in [-0.2, 0) is 0 Å². The molecule has 0 heterocycles. The molecule has 1 atom stereocenters. The Morgan fingerprint density at radius 2 is 1.64 bits per heavy atom. The van der Waals surface area contributed by atoms with Crippen molar-refractivity contribution in [1.82, 2.24) is 10.6 Å². The van der Waals surface area contributed by atoms with Gasteiger partial charge >= 0.3 is 0 Å². The second kappa shape index (κ2) is 8.94. The van der Waals surface area contributed by atoms with Gasteiger partial charge in [-0.15, -0.1) is 0 Å². The molecule has 2 amide bonds. The molecule has 2 aromatic carbocycles. The van der Waals surface area contributed by atoms with Crippen molar-refractivity contribution < 1.29 is 9.59 Å². The van der Waals surface area contributed by atoms with E-state index >= 15 is 0 Å². The van der Waals surface area contributed by atoms with Crippen LogP contribution in [0.15, 0.2) is 54.6 Å². The second-order valence-electron chi connectivity index (χ2n) is 5.60. The Labute approximate surface area is 152 Å². The van der Waals surface area contributed by atoms with Crippen molar-refractivity contribution in [2.75, 3.05) is 5.32 Å². The molecule has 0 aliphatic rings. The highest BCUT2D eigenvalue weighted by atomic mass is 32.1. The van der Waals surface area contributed by atoms with Crippen LogP contribution in [0, 0.1) is 0 Å². The minimum Gasteiger partial charge on any atom is -0.350 e. The third-order valence-corrected chi connectivity index (χ3v) is 3.88. The molecule has 2 rings (SSSR count). The lowest BCUT2D eigenvalue weighted by atomic mass is 10.1. The molecule has 0 bridgehead atoms. The fraction of sp³-hybridized carbons (Fsp3) is 0.211. The summed E-state index contributed by atoms with van der Waals surface area (Å²) in [5.74, 6) is -0.491. The van der Waals surface area contributed by atoms with Crippen molar-refractivity contribution in [3.8, 4) is 0 Å². The molecule has 0 saturated carbocycles. The molecule has 130 valence electrons. The number of hydrogen-bond acceptors (Lipinski definition) is 3. The van der Waals surface area contributed by atoms with E-state index in [1.54, 1.807) is 48.5 Å². The van der Waals surface area contributed by atoms with E-state index in [1.807, 2.05) is 19.9 Å². The number of carbonyl (C=O) groups is 2. The smallest absolute Gasteiger partial charge is 0.257 e. The molecule has 0 aromatic heterocycles. The van der Waals surface area contributed by atoms with Crippen molar-refractivity contribution in [2.24, 2.45) is 0 Å². The van der Waals surface area contributed by atoms with E-state index in [-0.39, 0.29) is 23.0 Å². The molecule has 0 fully saturated rings. The maximum atomic E-state index is 12.4. The Kier molecular flexibility index (Phi) is 6.65. The maximum absolute atomic E-state index is 12.4. The summed E-state index contributed by atoms with van der Waals surface area (Å²) in [7, 11) is 0. The number of amides is 2. The molecule has 0 aliphatic carbocycles. The number of thiocarbonyl (C=S) groups is 1. The molecular formula is C19H21N3O2S. The van der Waals surface area contributed by atoms with Gasteiger partial charge in [0.1, 0.15) is 0 Å². The molecule has 3 N–H and O–H groups in total. The summed E-state index contributed by atoms with van der Waals surface area (Å²) < 4.78 is 0. The molecule has 0 saturated heterocycles. The van der Waals surface area contributed by atoms with Gasteiger partial charge in [-0.2, -0.15) is 0 Å². The van der Waals surface area contributed by atoms with E-state index in [1.165, 1.54) is 0 Å². The predicted octanol–water partition coefficient (Wildman–Crippen LogP) is 3.34. The number of benzene rings is 2. The Hall–Kier alpha value is -2.73. The van der Waals surface area contributed by atoms with Crippen molar-refractivity contribution in [1.29, 1.82) is 0 Å². The normalized spacial score (nSPS) is 11.3. The van der Waals surface area contributed by atoms with Gasteiger partial charge in [0.05, 0.1) is 11.3 Å². The minimum atomic E-state index is -0.306. The van der Waals surface area contributed by atoms with Crippen LogP contribution in [0.3, 0.4) is 0 Å². The van der Waals surface area contributed by atoms with Crippen molar-refractivity contribution >= 4 is 34.8 Å². The Morgan fingerprint density at radius 3 is 2.32 bits per heavy atom. The summed E-state index contributed by atoms with van der Waals surface area (Å²) in [5.41, 5.74) is 1.52. The molecule has 1 unspecified atom stereocenters. The summed E-state index contributed by atoms with van der Waals surface area (Å²) in [5, 5.41) is 8.59. The topological polar surface area (TPSA) is 70.2 Å². The highest BCUT2D eigenvalue weighted by Crippen LogP contribution is 2.15. The highest BCUT2D eigenvalue weighted by molar-refractivity contribution is 7.80. The van der Waals surface area contributed by atoms with E-state index in [2.05, 4.69) is 16.0 Å². The fourth-order valence-corrected chi connectivity index (χ4v) is 2.31. The Bertz CT molecular complexity index is 762. The van der Waals surface area contributed by atoms with Crippen LogP contribution in [0.5, 0.6) is 0 Å². The second-order valence-corrected chi connectivity index (χ2v) is 6.01. The van der Waals surface area contributed by atoms with Crippen LogP contribution >= 0.6 is 12.2 Å². The summed E-state index contributed by atoms with van der Waals surface area (Å²) >= 11 is 5.19. The molecule has 2 aromatic rings. The van der Waals surface area contributed by atoms with Gasteiger partial charge in [0.2, 0.25) is 0 Å². The maximum Gasteiger partial charge on any atom is 0.257 e. The van der Waals surface area contributed by atoms with E-state index < -0.39 is 0 Å². The zero-order chi connectivity index (χ0) is 18.2. The number of para-hydroxylation sites is 1. The van der Waals surface area contributed by atoms with Gasteiger partial charge < -0.3 is 10.6 Å². The summed E-state index contributed by atoms with van der Waals surface area (Å²) in [6.45, 7) is 3.95. The molecule has 25 heavy (non-hydrogen) atoms. The summed E-state index contributed by atoms with van der Waals surface area (Å²) in [6, 6.07) is 15.9. The summed E-state index contributed by atoms with van der Waals surface area (Å²) in [6.07, 6.45) is 0.840. The van der Waals surface area contributed by atoms with Crippen molar-refractivity contribution in [2.45, 2.75) is 26.3 Å². The number of hydrogen-bond donors (Lipinski definition) is 3. The minimum absolute atomic E-state index is 0.0743. The lowest BCUT2D eigenvalue weighted by Crippen LogP contribution is -2.36. The predicted molar refractivity (Wildman–Crippen MR) is 104 cm³/mol. The first kappa shape index (κ1) is 18.6. The Balaban J connectivity index is 2.06. The number of nitrogens with one attached hydrogen (secondary N) is 3. The molecule has 6 heteroatoms. The lowest BCUT2D eigenvalue weighted by molar-refractivity contribution is 0.0938. The standard InChI is InChI=1S/C19H21N3O2S/c1-3-13(2)20-18(24)15-11-7-8-12-16(15)21-19(25)22-17(23)14-9-5-4-6-10-14/h4-13H,3H2,1-2H3,(H,20,24)(H2,21,22,23,25). The zero-order valence-electron chi connectivity index (χ0n) is 14.2. The van der Waals surface area contributed by atoms with Crippen LogP contribution < -0.4 is 16.0 Å². The number of rotatable bonds is 5. The first-order valence-corrected chi connectivity index (χ1v) is 8.49. The van der Waals surface area contributed by atoms with Crippen LogP contribution in [0.25, 0.3) is 0 Å². The zero-order valence-corrected chi connectivity index (χ0v) is 15.0. The van der Waals surface area contributed by atoms with Gasteiger partial charge in [-0.05, 0) is 49.8 Å². The summed E-state index contributed by atoms with van der Waals surface area (Å²) in [4.78, 5) is 24.5. The molecular weight excluding hydrogens is 334 g/mol. The van der Waals surface area contributed by atoms with Crippen LogP contribution in [0.4, 0.5) is 5.69 Å². The average Bonchev–Trinajstić information content (AvgIpc) is 2.62. The van der Waals surface area contributed by atoms with Crippen LogP contribution in [-0.4, -0.2) is 23.0 Å².